The molecule has 3 aliphatic heterocycles. The summed E-state index contributed by atoms with van der Waals surface area (Å²) in [7, 11) is 0. The number of nitrogens with one attached hydrogen (secondary N) is 1. The average molecular weight is 379 g/mol. The van der Waals surface area contributed by atoms with Crippen molar-refractivity contribution in [2.75, 3.05) is 13.1 Å². The van der Waals surface area contributed by atoms with Crippen LogP contribution in [0.25, 0.3) is 0 Å². The highest BCUT2D eigenvalue weighted by Gasteiger charge is 2.55. The molecule has 3 unspecified atom stereocenters. The third-order valence-electron chi connectivity index (χ3n) is 6.44. The second-order valence-electron chi connectivity index (χ2n) is 9.06. The van der Waals surface area contributed by atoms with E-state index in [0.717, 1.165) is 12.8 Å². The second kappa shape index (κ2) is 6.62. The zero-order valence-electron chi connectivity index (χ0n) is 15.4. The lowest BCUT2D eigenvalue weighted by Crippen LogP contribution is -2.62. The molecule has 1 amide bonds. The highest BCUT2D eigenvalue weighted by atomic mass is 19.4. The van der Waals surface area contributed by atoms with Crippen LogP contribution < -0.4 is 11.1 Å². The molecule has 0 saturated carbocycles. The number of carbonyl (C=O) groups excluding carboxylic acids is 1. The lowest BCUT2D eigenvalue weighted by Gasteiger charge is -2.50. The molecule has 5 atom stereocenters. The van der Waals surface area contributed by atoms with Gasteiger partial charge in [-0.2, -0.15) is 13.2 Å². The highest BCUT2D eigenvalue weighted by molar-refractivity contribution is 5.77. The maximum absolute atomic E-state index is 14.2. The molecule has 3 N–H and O–H groups in total. The molecule has 3 aliphatic rings. The van der Waals surface area contributed by atoms with Gasteiger partial charge in [-0.1, -0.05) is 0 Å². The Kier molecular flexibility index (Phi) is 5.06. The molecular formula is C18H29F4N3O. The summed E-state index contributed by atoms with van der Waals surface area (Å²) in [6.07, 6.45) is -0.920. The Morgan fingerprint density at radius 2 is 1.92 bits per heavy atom. The number of hydrogen-bond acceptors (Lipinski definition) is 3. The largest absolute Gasteiger partial charge is 0.404 e. The Hall–Kier alpha value is -0.890. The van der Waals surface area contributed by atoms with Gasteiger partial charge in [-0.3, -0.25) is 9.69 Å². The van der Waals surface area contributed by atoms with Gasteiger partial charge in [0.05, 0.1) is 0 Å². The number of halogens is 4. The molecule has 3 heterocycles. The van der Waals surface area contributed by atoms with Crippen molar-refractivity contribution in [1.82, 2.24) is 10.2 Å². The van der Waals surface area contributed by atoms with Crippen molar-refractivity contribution >= 4 is 5.91 Å². The Morgan fingerprint density at radius 1 is 1.23 bits per heavy atom. The Balaban J connectivity index is 1.80. The van der Waals surface area contributed by atoms with Crippen LogP contribution in [0.5, 0.6) is 0 Å². The molecule has 0 spiro atoms. The quantitative estimate of drug-likeness (QED) is 0.739. The third kappa shape index (κ3) is 4.01. The van der Waals surface area contributed by atoms with E-state index in [9.17, 15) is 22.4 Å². The number of piperidine rings is 2. The van der Waals surface area contributed by atoms with Crippen LogP contribution in [0.4, 0.5) is 17.6 Å². The van der Waals surface area contributed by atoms with Gasteiger partial charge in [0.25, 0.3) is 0 Å². The van der Waals surface area contributed by atoms with Gasteiger partial charge < -0.3 is 11.1 Å². The summed E-state index contributed by atoms with van der Waals surface area (Å²) in [5.41, 5.74) is 3.48. The zero-order valence-corrected chi connectivity index (χ0v) is 15.4. The van der Waals surface area contributed by atoms with Crippen LogP contribution in [-0.2, 0) is 4.79 Å². The summed E-state index contributed by atoms with van der Waals surface area (Å²) < 4.78 is 54.5. The van der Waals surface area contributed by atoms with Gasteiger partial charge in [-0.15, -0.1) is 0 Å². The highest BCUT2D eigenvalue weighted by Crippen LogP contribution is 2.47. The van der Waals surface area contributed by atoms with Gasteiger partial charge in [-0.05, 0) is 58.3 Å². The minimum atomic E-state index is -4.36. The van der Waals surface area contributed by atoms with Gasteiger partial charge >= 0.3 is 6.18 Å². The molecule has 0 aromatic carbocycles. The fraction of sp³-hybridized carbons (Fsp3) is 0.944. The molecule has 26 heavy (non-hydrogen) atoms. The van der Waals surface area contributed by atoms with E-state index in [1.807, 2.05) is 0 Å². The molecular weight excluding hydrogens is 350 g/mol. The van der Waals surface area contributed by atoms with Crippen LogP contribution in [0.1, 0.15) is 52.4 Å². The molecule has 0 aliphatic carbocycles. The molecule has 3 fully saturated rings. The molecule has 4 nitrogen and oxygen atoms in total. The smallest absolute Gasteiger partial charge is 0.369 e. The second-order valence-corrected chi connectivity index (χ2v) is 9.06. The van der Waals surface area contributed by atoms with Gasteiger partial charge in [0.1, 0.15) is 11.7 Å². The van der Waals surface area contributed by atoms with Crippen LogP contribution in [0.2, 0.25) is 0 Å². The molecule has 0 aromatic rings. The maximum atomic E-state index is 14.2. The van der Waals surface area contributed by atoms with E-state index in [-0.39, 0.29) is 48.8 Å². The van der Waals surface area contributed by atoms with Crippen molar-refractivity contribution in [2.24, 2.45) is 17.6 Å². The first-order valence-corrected chi connectivity index (χ1v) is 9.46. The molecule has 2 bridgehead atoms. The monoisotopic (exact) mass is 379 g/mol. The number of rotatable bonds is 4. The standard InChI is InChI=1S/C18H29F4N3O/c1-16(2,19)10-25-9-12(3-4-14(25)18(20,21)22)17-6-5-13(24-17)7-11(8-17)15(23)26/h11-14,24H,3-10H2,1-2H3,(H2,23,26)/t11?,12-,13?,14+,17?/m1/s1. The van der Waals surface area contributed by atoms with Crippen LogP contribution >= 0.6 is 0 Å². The van der Waals surface area contributed by atoms with E-state index in [2.05, 4.69) is 5.32 Å². The Labute approximate surface area is 151 Å². The topological polar surface area (TPSA) is 58.4 Å². The number of alkyl halides is 4. The lowest BCUT2D eigenvalue weighted by molar-refractivity contribution is -0.201. The number of fused-ring (bicyclic) bond motifs is 2. The molecule has 0 aromatic heterocycles. The van der Waals surface area contributed by atoms with Gasteiger partial charge in [0.2, 0.25) is 5.91 Å². The molecule has 0 radical (unpaired) electrons. The van der Waals surface area contributed by atoms with E-state index >= 15 is 0 Å². The molecule has 150 valence electrons. The third-order valence-corrected chi connectivity index (χ3v) is 6.44. The van der Waals surface area contributed by atoms with Crippen LogP contribution in [0, 0.1) is 11.8 Å². The number of nitrogens with zero attached hydrogens (tertiary/aromatic N) is 1. The maximum Gasteiger partial charge on any atom is 0.404 e. The number of carbonyl (C=O) groups is 1. The number of hydrogen-bond donors (Lipinski definition) is 2. The van der Waals surface area contributed by atoms with E-state index in [4.69, 9.17) is 5.73 Å². The summed E-state index contributed by atoms with van der Waals surface area (Å²) >= 11 is 0. The van der Waals surface area contributed by atoms with E-state index < -0.39 is 17.9 Å². The summed E-state index contributed by atoms with van der Waals surface area (Å²) in [6, 6.07) is -1.40. The van der Waals surface area contributed by atoms with Gasteiger partial charge in [0, 0.05) is 30.6 Å². The van der Waals surface area contributed by atoms with E-state index in [0.29, 0.717) is 19.3 Å². The Morgan fingerprint density at radius 3 is 2.50 bits per heavy atom. The van der Waals surface area contributed by atoms with Gasteiger partial charge in [0.15, 0.2) is 0 Å². The van der Waals surface area contributed by atoms with Crippen molar-refractivity contribution in [3.63, 3.8) is 0 Å². The summed E-state index contributed by atoms with van der Waals surface area (Å²) in [5.74, 6) is -0.584. The van der Waals surface area contributed by atoms with Gasteiger partial charge in [-0.25, -0.2) is 4.39 Å². The fourth-order valence-corrected chi connectivity index (χ4v) is 5.41. The predicted octanol–water partition coefficient (Wildman–Crippen LogP) is 2.76. The minimum Gasteiger partial charge on any atom is -0.369 e. The average Bonchev–Trinajstić information content (AvgIpc) is 2.80. The normalized spacial score (nSPS) is 39.2. The minimum absolute atomic E-state index is 0.0282. The first-order valence-electron chi connectivity index (χ1n) is 9.46. The first kappa shape index (κ1) is 19.9. The molecule has 8 heteroatoms. The zero-order chi connectivity index (χ0) is 19.3. The summed E-state index contributed by atoms with van der Waals surface area (Å²) in [6.45, 7) is 2.58. The molecule has 3 saturated heterocycles. The first-order chi connectivity index (χ1) is 11.9. The van der Waals surface area contributed by atoms with Crippen molar-refractivity contribution in [2.45, 2.75) is 81.8 Å². The summed E-state index contributed by atoms with van der Waals surface area (Å²) in [5, 5.41) is 3.59. The van der Waals surface area contributed by atoms with Crippen molar-refractivity contribution in [3.05, 3.63) is 0 Å². The predicted molar refractivity (Wildman–Crippen MR) is 90.1 cm³/mol. The van der Waals surface area contributed by atoms with E-state index in [1.165, 1.54) is 18.7 Å². The number of primary amides is 1. The lowest BCUT2D eigenvalue weighted by atomic mass is 9.70. The number of nitrogens with two attached hydrogens (primary N) is 1. The van der Waals surface area contributed by atoms with E-state index in [1.54, 1.807) is 0 Å². The summed E-state index contributed by atoms with van der Waals surface area (Å²) in [4.78, 5) is 13.0. The van der Waals surface area contributed by atoms with Crippen LogP contribution in [0.15, 0.2) is 0 Å². The van der Waals surface area contributed by atoms with Crippen molar-refractivity contribution in [3.8, 4) is 0 Å². The SMILES string of the molecule is CC(C)(F)CN1C[C@H](C23CCC(CC(C(N)=O)C2)N3)CC[C@H]1C(F)(F)F. The molecule has 3 rings (SSSR count). The van der Waals surface area contributed by atoms with Crippen LogP contribution in [0.3, 0.4) is 0 Å². The van der Waals surface area contributed by atoms with Crippen molar-refractivity contribution in [1.29, 1.82) is 0 Å². The van der Waals surface area contributed by atoms with Crippen molar-refractivity contribution < 1.29 is 22.4 Å². The number of amides is 1. The fourth-order valence-electron chi connectivity index (χ4n) is 5.41. The Bertz CT molecular complexity index is 548. The van der Waals surface area contributed by atoms with Crippen LogP contribution in [-0.4, -0.2) is 53.4 Å². The number of likely N-dealkylation sites (tertiary alicyclic amines) is 1.